The maximum absolute atomic E-state index is 10.6. The number of hydrogen-bond donors (Lipinski definition) is 3. The summed E-state index contributed by atoms with van der Waals surface area (Å²) in [5.74, 6) is 0.750. The molecule has 0 aromatic heterocycles. The highest BCUT2D eigenvalue weighted by molar-refractivity contribution is 5.88. The van der Waals surface area contributed by atoms with Gasteiger partial charge in [-0.2, -0.15) is 0 Å². The first kappa shape index (κ1) is 15.1. The van der Waals surface area contributed by atoms with Crippen LogP contribution in [0.4, 0.5) is 5.69 Å². The fourth-order valence-electron chi connectivity index (χ4n) is 4.18. The van der Waals surface area contributed by atoms with Gasteiger partial charge >= 0.3 is 0 Å². The molecule has 2 aliphatic rings. The van der Waals surface area contributed by atoms with Gasteiger partial charge in [-0.1, -0.05) is 0 Å². The van der Waals surface area contributed by atoms with Crippen LogP contribution in [0.1, 0.15) is 28.3 Å². The number of phenolic OH excluding ortho intramolecular Hbond substituents is 2. The summed E-state index contributed by atoms with van der Waals surface area (Å²) in [5.41, 5.74) is 12.7. The van der Waals surface area contributed by atoms with Crippen molar-refractivity contribution in [2.24, 2.45) is 0 Å². The van der Waals surface area contributed by atoms with E-state index >= 15 is 0 Å². The number of likely N-dealkylation sites (N-methyl/N-ethyl adjacent to an activating group) is 1. The second-order valence-corrected chi connectivity index (χ2v) is 6.81. The van der Waals surface area contributed by atoms with Crippen LogP contribution in [0.2, 0.25) is 0 Å². The molecule has 4 N–H and O–H groups in total. The second-order valence-electron chi connectivity index (χ2n) is 6.81. The van der Waals surface area contributed by atoms with E-state index in [1.807, 2.05) is 19.1 Å². The summed E-state index contributed by atoms with van der Waals surface area (Å²) in [6.07, 6.45) is 1.62. The molecule has 5 heteroatoms. The molecule has 24 heavy (non-hydrogen) atoms. The van der Waals surface area contributed by atoms with Crippen molar-refractivity contribution in [1.82, 2.24) is 4.90 Å². The van der Waals surface area contributed by atoms with Gasteiger partial charge in [-0.3, -0.25) is 4.90 Å². The normalized spacial score (nSPS) is 18.9. The molecule has 2 aromatic carbocycles. The van der Waals surface area contributed by atoms with Crippen LogP contribution in [0.3, 0.4) is 0 Å². The van der Waals surface area contributed by atoms with Crippen LogP contribution in [0.15, 0.2) is 12.1 Å². The minimum atomic E-state index is 0.0214. The van der Waals surface area contributed by atoms with E-state index in [1.54, 1.807) is 7.11 Å². The second kappa shape index (κ2) is 5.05. The largest absolute Gasteiger partial charge is 0.508 e. The zero-order chi connectivity index (χ0) is 17.2. The molecule has 0 saturated carbocycles. The quantitative estimate of drug-likeness (QED) is 0.555. The number of nitrogen functional groups attached to an aromatic ring is 1. The molecule has 1 aliphatic heterocycles. The van der Waals surface area contributed by atoms with Gasteiger partial charge in [0.15, 0.2) is 11.5 Å². The van der Waals surface area contributed by atoms with E-state index in [1.165, 1.54) is 0 Å². The van der Waals surface area contributed by atoms with E-state index in [-0.39, 0.29) is 11.8 Å². The Hall–Kier alpha value is -2.40. The number of nitrogens with two attached hydrogens (primary N) is 1. The molecule has 0 bridgehead atoms. The summed E-state index contributed by atoms with van der Waals surface area (Å²) in [7, 11) is 3.66. The summed E-state index contributed by atoms with van der Waals surface area (Å²) >= 11 is 0. The Balaban J connectivity index is 2.13. The molecular formula is C19H22N2O3. The van der Waals surface area contributed by atoms with Crippen LogP contribution in [0.5, 0.6) is 17.2 Å². The lowest BCUT2D eigenvalue weighted by molar-refractivity contribution is 0.227. The zero-order valence-corrected chi connectivity index (χ0v) is 14.2. The molecule has 1 aliphatic carbocycles. The Labute approximate surface area is 141 Å². The smallest absolute Gasteiger partial charge is 0.182 e. The highest BCUT2D eigenvalue weighted by Gasteiger charge is 2.37. The van der Waals surface area contributed by atoms with E-state index in [0.29, 0.717) is 17.2 Å². The Kier molecular flexibility index (Phi) is 3.18. The molecule has 1 heterocycles. The summed E-state index contributed by atoms with van der Waals surface area (Å²) < 4.78 is 5.55. The third-order valence-electron chi connectivity index (χ3n) is 5.51. The summed E-state index contributed by atoms with van der Waals surface area (Å²) in [5, 5.41) is 20.7. The first-order valence-electron chi connectivity index (χ1n) is 8.18. The van der Waals surface area contributed by atoms with E-state index in [4.69, 9.17) is 10.5 Å². The fourth-order valence-corrected chi connectivity index (χ4v) is 4.18. The maximum atomic E-state index is 10.6. The van der Waals surface area contributed by atoms with Crippen LogP contribution >= 0.6 is 0 Å². The molecule has 0 saturated heterocycles. The molecule has 2 aromatic rings. The standard InChI is InChI=1S/C19H22N2O3/c1-9-6-12-10(8-14(9)22)7-13-15-11(4-5-21(13)2)17(20)18(23)19(24-3)16(12)15/h6,8,13,22-23H,4-5,7,20H2,1-3H3. The van der Waals surface area contributed by atoms with E-state index < -0.39 is 0 Å². The molecule has 5 nitrogen and oxygen atoms in total. The number of phenols is 2. The topological polar surface area (TPSA) is 79.0 Å². The average molecular weight is 326 g/mol. The van der Waals surface area contributed by atoms with Crippen LogP contribution in [-0.4, -0.2) is 35.8 Å². The van der Waals surface area contributed by atoms with Gasteiger partial charge < -0.3 is 20.7 Å². The van der Waals surface area contributed by atoms with Gasteiger partial charge in [0, 0.05) is 18.2 Å². The van der Waals surface area contributed by atoms with Crippen molar-refractivity contribution in [2.45, 2.75) is 25.8 Å². The van der Waals surface area contributed by atoms with Gasteiger partial charge in [0.1, 0.15) is 5.75 Å². The van der Waals surface area contributed by atoms with Crippen molar-refractivity contribution in [3.63, 3.8) is 0 Å². The zero-order valence-electron chi connectivity index (χ0n) is 14.2. The third-order valence-corrected chi connectivity index (χ3v) is 5.51. The lowest BCUT2D eigenvalue weighted by Crippen LogP contribution is -2.36. The predicted molar refractivity (Wildman–Crippen MR) is 93.7 cm³/mol. The highest BCUT2D eigenvalue weighted by Crippen LogP contribution is 2.55. The maximum Gasteiger partial charge on any atom is 0.182 e. The van der Waals surface area contributed by atoms with Gasteiger partial charge in [-0.25, -0.2) is 0 Å². The van der Waals surface area contributed by atoms with Crippen LogP contribution in [-0.2, 0) is 12.8 Å². The molecule has 0 radical (unpaired) electrons. The SMILES string of the molecule is COc1c(O)c(N)c2c3c1-c1cc(C)c(O)cc1CC3N(C)CC2. The lowest BCUT2D eigenvalue weighted by atomic mass is 9.75. The number of methoxy groups -OCH3 is 1. The van der Waals surface area contributed by atoms with Crippen LogP contribution in [0.25, 0.3) is 11.1 Å². The minimum absolute atomic E-state index is 0.0214. The molecule has 0 spiro atoms. The third kappa shape index (κ3) is 1.85. The molecular weight excluding hydrogens is 304 g/mol. The lowest BCUT2D eigenvalue weighted by Gasteiger charge is -2.41. The minimum Gasteiger partial charge on any atom is -0.508 e. The monoisotopic (exact) mass is 326 g/mol. The average Bonchev–Trinajstić information content (AvgIpc) is 2.56. The van der Waals surface area contributed by atoms with Gasteiger partial charge in [0.25, 0.3) is 0 Å². The van der Waals surface area contributed by atoms with Crippen LogP contribution < -0.4 is 10.5 Å². The first-order valence-corrected chi connectivity index (χ1v) is 8.18. The Bertz CT molecular complexity index is 861. The van der Waals surface area contributed by atoms with E-state index in [9.17, 15) is 10.2 Å². The van der Waals surface area contributed by atoms with E-state index in [2.05, 4.69) is 11.9 Å². The number of benzene rings is 2. The van der Waals surface area contributed by atoms with Crippen molar-refractivity contribution in [2.75, 3.05) is 26.4 Å². The number of hydrogen-bond acceptors (Lipinski definition) is 5. The predicted octanol–water partition coefficient (Wildman–Crippen LogP) is 2.75. The number of aryl methyl sites for hydroxylation is 1. The Morgan fingerprint density at radius 3 is 2.75 bits per heavy atom. The van der Waals surface area contributed by atoms with Crippen molar-refractivity contribution in [3.8, 4) is 28.4 Å². The van der Waals surface area contributed by atoms with Gasteiger partial charge in [0.2, 0.25) is 0 Å². The number of nitrogens with zero attached hydrogens (tertiary/aromatic N) is 1. The van der Waals surface area contributed by atoms with Crippen molar-refractivity contribution in [1.29, 1.82) is 0 Å². The summed E-state index contributed by atoms with van der Waals surface area (Å²) in [4.78, 5) is 2.31. The molecule has 1 unspecified atom stereocenters. The number of aromatic hydroxyl groups is 2. The number of ether oxygens (including phenoxy) is 1. The van der Waals surface area contributed by atoms with Crippen LogP contribution in [0, 0.1) is 6.92 Å². The molecule has 1 atom stereocenters. The Morgan fingerprint density at radius 1 is 1.29 bits per heavy atom. The summed E-state index contributed by atoms with van der Waals surface area (Å²) in [6, 6.07) is 3.99. The molecule has 126 valence electrons. The van der Waals surface area contributed by atoms with Crippen molar-refractivity contribution >= 4 is 5.69 Å². The molecule has 0 amide bonds. The molecule has 4 rings (SSSR count). The van der Waals surface area contributed by atoms with Crippen molar-refractivity contribution < 1.29 is 14.9 Å². The van der Waals surface area contributed by atoms with Gasteiger partial charge in [-0.15, -0.1) is 0 Å². The van der Waals surface area contributed by atoms with Gasteiger partial charge in [0.05, 0.1) is 12.8 Å². The first-order chi connectivity index (χ1) is 11.4. The molecule has 0 fully saturated rings. The fraction of sp³-hybridized carbons (Fsp3) is 0.368. The Morgan fingerprint density at radius 2 is 2.04 bits per heavy atom. The summed E-state index contributed by atoms with van der Waals surface area (Å²) in [6.45, 7) is 2.77. The van der Waals surface area contributed by atoms with E-state index in [0.717, 1.165) is 52.8 Å². The number of anilines is 1. The highest BCUT2D eigenvalue weighted by atomic mass is 16.5. The van der Waals surface area contributed by atoms with Crippen molar-refractivity contribution in [3.05, 3.63) is 34.4 Å². The van der Waals surface area contributed by atoms with Gasteiger partial charge in [-0.05, 0) is 66.8 Å². The number of fused-ring (bicyclic) bond motifs is 2. The number of rotatable bonds is 1.